The first-order valence-corrected chi connectivity index (χ1v) is 5.68. The summed E-state index contributed by atoms with van der Waals surface area (Å²) < 4.78 is 26.9. The van der Waals surface area contributed by atoms with Gasteiger partial charge in [-0.05, 0) is 43.8 Å². The summed E-state index contributed by atoms with van der Waals surface area (Å²) in [5.74, 6) is 0.468. The third-order valence-corrected chi connectivity index (χ3v) is 3.05. The second-order valence-corrected chi connectivity index (χ2v) is 4.43. The minimum absolute atomic E-state index is 0.0481. The predicted molar refractivity (Wildman–Crippen MR) is 57.5 cm³/mol. The summed E-state index contributed by atoms with van der Waals surface area (Å²) >= 11 is 0. The topological polar surface area (TPSA) is 29.9 Å². The molecule has 1 saturated heterocycles. The zero-order chi connectivity index (χ0) is 11.5. The molecule has 1 unspecified atom stereocenters. The Balaban J connectivity index is 2.07. The lowest BCUT2D eigenvalue weighted by Gasteiger charge is -2.22. The Morgan fingerprint density at radius 2 is 2.44 bits per heavy atom. The van der Waals surface area contributed by atoms with E-state index in [1.165, 1.54) is 4.68 Å². The standard InChI is InChI=1S/C11H17F2N3/c1-16-7-9(10(15-16)11(12)13)5-8-3-2-4-14-6-8/h7-8,11,14H,2-6H2,1H3. The molecule has 5 heteroatoms. The van der Waals surface area contributed by atoms with Crippen molar-refractivity contribution in [3.63, 3.8) is 0 Å². The largest absolute Gasteiger partial charge is 0.316 e. The zero-order valence-electron chi connectivity index (χ0n) is 9.42. The van der Waals surface area contributed by atoms with Gasteiger partial charge in [0.25, 0.3) is 6.43 Å². The number of nitrogens with one attached hydrogen (secondary N) is 1. The highest BCUT2D eigenvalue weighted by atomic mass is 19.3. The molecular weight excluding hydrogens is 212 g/mol. The summed E-state index contributed by atoms with van der Waals surface area (Å²) in [6.07, 6.45) is 2.21. The lowest BCUT2D eigenvalue weighted by atomic mass is 9.92. The first-order valence-electron chi connectivity index (χ1n) is 5.68. The van der Waals surface area contributed by atoms with E-state index in [0.29, 0.717) is 17.9 Å². The maximum atomic E-state index is 12.7. The van der Waals surface area contributed by atoms with Gasteiger partial charge in [0.15, 0.2) is 0 Å². The van der Waals surface area contributed by atoms with Crippen LogP contribution in [0, 0.1) is 5.92 Å². The fourth-order valence-electron chi connectivity index (χ4n) is 2.30. The van der Waals surface area contributed by atoms with Gasteiger partial charge in [0.1, 0.15) is 5.69 Å². The van der Waals surface area contributed by atoms with Crippen molar-refractivity contribution >= 4 is 0 Å². The van der Waals surface area contributed by atoms with Crippen LogP contribution in [0.2, 0.25) is 0 Å². The van der Waals surface area contributed by atoms with E-state index in [-0.39, 0.29) is 5.69 Å². The van der Waals surface area contributed by atoms with E-state index in [9.17, 15) is 8.78 Å². The number of piperidine rings is 1. The number of halogens is 2. The second-order valence-electron chi connectivity index (χ2n) is 4.43. The molecule has 1 fully saturated rings. The van der Waals surface area contributed by atoms with E-state index in [1.54, 1.807) is 13.2 Å². The lowest BCUT2D eigenvalue weighted by molar-refractivity contribution is 0.143. The number of aromatic nitrogens is 2. The number of hydrogen-bond acceptors (Lipinski definition) is 2. The van der Waals surface area contributed by atoms with Crippen LogP contribution < -0.4 is 5.32 Å². The van der Waals surface area contributed by atoms with E-state index in [0.717, 1.165) is 25.9 Å². The van der Waals surface area contributed by atoms with Crippen molar-refractivity contribution < 1.29 is 8.78 Å². The third-order valence-electron chi connectivity index (χ3n) is 3.05. The summed E-state index contributed by atoms with van der Waals surface area (Å²) in [7, 11) is 1.69. The highest BCUT2D eigenvalue weighted by Gasteiger charge is 2.21. The van der Waals surface area contributed by atoms with E-state index in [4.69, 9.17) is 0 Å². The molecule has 90 valence electrons. The molecule has 0 bridgehead atoms. The number of alkyl halides is 2. The molecule has 1 aliphatic rings. The monoisotopic (exact) mass is 229 g/mol. The maximum absolute atomic E-state index is 12.7. The Morgan fingerprint density at radius 3 is 3.06 bits per heavy atom. The van der Waals surface area contributed by atoms with Crippen LogP contribution in [0.4, 0.5) is 8.78 Å². The number of rotatable bonds is 3. The Morgan fingerprint density at radius 1 is 1.62 bits per heavy atom. The molecule has 1 aromatic rings. The fourth-order valence-corrected chi connectivity index (χ4v) is 2.30. The average Bonchev–Trinajstić information content (AvgIpc) is 2.61. The molecule has 16 heavy (non-hydrogen) atoms. The molecular formula is C11H17F2N3. The van der Waals surface area contributed by atoms with Gasteiger partial charge in [-0.15, -0.1) is 0 Å². The van der Waals surface area contributed by atoms with Crippen LogP contribution in [-0.4, -0.2) is 22.9 Å². The van der Waals surface area contributed by atoms with E-state index < -0.39 is 6.43 Å². The van der Waals surface area contributed by atoms with Crippen molar-refractivity contribution in [1.82, 2.24) is 15.1 Å². The summed E-state index contributed by atoms with van der Waals surface area (Å²) in [5, 5.41) is 7.12. The molecule has 1 N–H and O–H groups in total. The van der Waals surface area contributed by atoms with E-state index >= 15 is 0 Å². The molecule has 2 heterocycles. The van der Waals surface area contributed by atoms with Crippen molar-refractivity contribution in [2.75, 3.05) is 13.1 Å². The molecule has 2 rings (SSSR count). The van der Waals surface area contributed by atoms with Crippen LogP contribution >= 0.6 is 0 Å². The number of hydrogen-bond donors (Lipinski definition) is 1. The van der Waals surface area contributed by atoms with Gasteiger partial charge >= 0.3 is 0 Å². The first-order chi connectivity index (χ1) is 7.66. The van der Waals surface area contributed by atoms with Crippen molar-refractivity contribution in [1.29, 1.82) is 0 Å². The first kappa shape index (κ1) is 11.5. The van der Waals surface area contributed by atoms with Crippen molar-refractivity contribution in [2.24, 2.45) is 13.0 Å². The van der Waals surface area contributed by atoms with Gasteiger partial charge in [0, 0.05) is 13.2 Å². The van der Waals surface area contributed by atoms with Gasteiger partial charge in [-0.1, -0.05) is 0 Å². The van der Waals surface area contributed by atoms with Crippen LogP contribution in [0.5, 0.6) is 0 Å². The molecule has 0 spiro atoms. The van der Waals surface area contributed by atoms with Gasteiger partial charge in [-0.25, -0.2) is 8.78 Å². The normalized spacial score (nSPS) is 21.6. The van der Waals surface area contributed by atoms with Gasteiger partial charge in [-0.2, -0.15) is 5.10 Å². The highest BCUT2D eigenvalue weighted by Crippen LogP contribution is 2.25. The van der Waals surface area contributed by atoms with Crippen molar-refractivity contribution in [3.05, 3.63) is 17.5 Å². The van der Waals surface area contributed by atoms with Gasteiger partial charge in [-0.3, -0.25) is 4.68 Å². The van der Waals surface area contributed by atoms with E-state index in [1.807, 2.05) is 0 Å². The SMILES string of the molecule is Cn1cc(CC2CCCNC2)c(C(F)F)n1. The molecule has 3 nitrogen and oxygen atoms in total. The van der Waals surface area contributed by atoms with Gasteiger partial charge < -0.3 is 5.32 Å². The molecule has 1 atom stereocenters. The van der Waals surface area contributed by atoms with Crippen molar-refractivity contribution in [3.8, 4) is 0 Å². The Bertz CT molecular complexity index is 343. The minimum atomic E-state index is -2.47. The van der Waals surface area contributed by atoms with Gasteiger partial charge in [0.2, 0.25) is 0 Å². The molecule has 0 amide bonds. The Hall–Kier alpha value is -0.970. The Kier molecular flexibility index (Phi) is 3.53. The van der Waals surface area contributed by atoms with Gasteiger partial charge in [0.05, 0.1) is 0 Å². The summed E-state index contributed by atoms with van der Waals surface area (Å²) in [6, 6.07) is 0. The summed E-state index contributed by atoms with van der Waals surface area (Å²) in [4.78, 5) is 0. The lowest BCUT2D eigenvalue weighted by Crippen LogP contribution is -2.30. The van der Waals surface area contributed by atoms with Crippen LogP contribution in [0.3, 0.4) is 0 Å². The highest BCUT2D eigenvalue weighted by molar-refractivity contribution is 5.19. The number of aryl methyl sites for hydroxylation is 1. The maximum Gasteiger partial charge on any atom is 0.282 e. The molecule has 1 aromatic heterocycles. The van der Waals surface area contributed by atoms with Crippen molar-refractivity contribution in [2.45, 2.75) is 25.7 Å². The van der Waals surface area contributed by atoms with Crippen LogP contribution in [0.15, 0.2) is 6.20 Å². The number of nitrogens with zero attached hydrogens (tertiary/aromatic N) is 2. The summed E-state index contributed by atoms with van der Waals surface area (Å²) in [5.41, 5.74) is 0.652. The quantitative estimate of drug-likeness (QED) is 0.858. The van der Waals surface area contributed by atoms with Crippen LogP contribution in [-0.2, 0) is 13.5 Å². The minimum Gasteiger partial charge on any atom is -0.316 e. The molecule has 0 aromatic carbocycles. The summed E-state index contributed by atoms with van der Waals surface area (Å²) in [6.45, 7) is 1.98. The van der Waals surface area contributed by atoms with E-state index in [2.05, 4.69) is 10.4 Å². The fraction of sp³-hybridized carbons (Fsp3) is 0.727. The molecule has 0 saturated carbocycles. The smallest absolute Gasteiger partial charge is 0.282 e. The zero-order valence-corrected chi connectivity index (χ0v) is 9.42. The average molecular weight is 229 g/mol. The molecule has 1 aliphatic heterocycles. The Labute approximate surface area is 93.8 Å². The molecule has 0 radical (unpaired) electrons. The molecule has 0 aliphatic carbocycles. The van der Waals surface area contributed by atoms with Crippen LogP contribution in [0.1, 0.15) is 30.5 Å². The predicted octanol–water partition coefficient (Wildman–Crippen LogP) is 1.90. The third kappa shape index (κ3) is 2.58. The van der Waals surface area contributed by atoms with Crippen LogP contribution in [0.25, 0.3) is 0 Å². The second kappa shape index (κ2) is 4.91.